The van der Waals surface area contributed by atoms with Gasteiger partial charge in [0.15, 0.2) is 17.5 Å². The number of nitriles is 1. The van der Waals surface area contributed by atoms with Crippen LogP contribution >= 0.6 is 0 Å². The third kappa shape index (κ3) is 5.22. The Morgan fingerprint density at radius 3 is 1.10 bits per heavy atom. The van der Waals surface area contributed by atoms with Gasteiger partial charge in [0.1, 0.15) is 6.07 Å². The van der Waals surface area contributed by atoms with E-state index >= 15 is 0 Å². The van der Waals surface area contributed by atoms with Crippen molar-refractivity contribution in [2.45, 2.75) is 0 Å². The Morgan fingerprint density at radius 1 is 0.345 bits per heavy atom. The first-order chi connectivity index (χ1) is 28.8. The smallest absolute Gasteiger partial charge is 0.165 e. The lowest BCUT2D eigenvalue weighted by Gasteiger charge is -2.24. The summed E-state index contributed by atoms with van der Waals surface area (Å²) in [6.07, 6.45) is 0. The number of hydrogen-bond acceptors (Lipinski definition) is 4. The molecule has 0 unspecified atom stereocenters. The van der Waals surface area contributed by atoms with Crippen LogP contribution in [0.5, 0.6) is 0 Å². The van der Waals surface area contributed by atoms with Crippen molar-refractivity contribution < 1.29 is 0 Å². The molecule has 0 spiro atoms. The first-order valence-corrected chi connectivity index (χ1v) is 19.3. The minimum absolute atomic E-state index is 0.414. The quantitative estimate of drug-likeness (QED) is 0.170. The maximum atomic E-state index is 11.7. The summed E-state index contributed by atoms with van der Waals surface area (Å²) >= 11 is 0. The molecule has 0 amide bonds. The highest BCUT2D eigenvalue weighted by atomic mass is 15.1. The molecule has 0 aliphatic rings. The molecule has 0 bridgehead atoms. The average molecular weight is 741 g/mol. The molecule has 0 radical (unpaired) electrons. The second-order valence-corrected chi connectivity index (χ2v) is 14.3. The molecule has 3 aromatic heterocycles. The van der Waals surface area contributed by atoms with Crippen molar-refractivity contribution in [3.8, 4) is 62.7 Å². The lowest BCUT2D eigenvalue weighted by atomic mass is 9.93. The number of fused-ring (bicyclic) bond motifs is 6. The summed E-state index contributed by atoms with van der Waals surface area (Å²) < 4.78 is 4.62. The molecule has 0 N–H and O–H groups in total. The number of nitrogens with zero attached hydrogens (tertiary/aromatic N) is 6. The van der Waals surface area contributed by atoms with E-state index in [0.717, 1.165) is 77.2 Å². The van der Waals surface area contributed by atoms with E-state index < -0.39 is 0 Å². The molecule has 8 aromatic carbocycles. The van der Waals surface area contributed by atoms with Crippen LogP contribution in [0.3, 0.4) is 0 Å². The van der Waals surface area contributed by atoms with Crippen LogP contribution in [0, 0.1) is 11.3 Å². The predicted molar refractivity (Wildman–Crippen MR) is 235 cm³/mol. The lowest BCUT2D eigenvalue weighted by molar-refractivity contribution is 1.06. The van der Waals surface area contributed by atoms with Gasteiger partial charge in [-0.05, 0) is 35.9 Å². The topological polar surface area (TPSA) is 72.3 Å². The summed E-state index contributed by atoms with van der Waals surface area (Å²) in [4.78, 5) is 15.4. The SMILES string of the molecule is N#Cc1c(-c2nc(-c3ccccc3)nc(-c3ccccc3)n2)cc(-c2ccccc2)c(-n2c3ccccc3c3ccccc32)c1-n1c2ccccc2c2ccccc21. The molecule has 58 heavy (non-hydrogen) atoms. The van der Waals surface area contributed by atoms with Crippen LogP contribution < -0.4 is 0 Å². The van der Waals surface area contributed by atoms with Gasteiger partial charge in [-0.3, -0.25) is 0 Å². The van der Waals surface area contributed by atoms with E-state index in [0.29, 0.717) is 28.6 Å². The van der Waals surface area contributed by atoms with Crippen LogP contribution in [0.25, 0.3) is 100 Å². The van der Waals surface area contributed by atoms with Crippen LogP contribution in [0.2, 0.25) is 0 Å². The van der Waals surface area contributed by atoms with E-state index in [9.17, 15) is 5.26 Å². The van der Waals surface area contributed by atoms with Gasteiger partial charge in [0, 0.05) is 43.8 Å². The van der Waals surface area contributed by atoms with E-state index in [1.807, 2.05) is 66.7 Å². The molecule has 0 saturated heterocycles. The fourth-order valence-electron chi connectivity index (χ4n) is 8.49. The largest absolute Gasteiger partial charge is 0.307 e. The minimum atomic E-state index is 0.414. The van der Waals surface area contributed by atoms with Gasteiger partial charge in [-0.1, -0.05) is 164 Å². The molecular weight excluding hydrogens is 709 g/mol. The van der Waals surface area contributed by atoms with E-state index in [1.165, 1.54) is 0 Å². The van der Waals surface area contributed by atoms with E-state index in [-0.39, 0.29) is 0 Å². The summed E-state index contributed by atoms with van der Waals surface area (Å²) in [7, 11) is 0. The molecule has 6 heteroatoms. The van der Waals surface area contributed by atoms with Crippen LogP contribution in [-0.2, 0) is 0 Å². The molecule has 270 valence electrons. The first kappa shape index (κ1) is 33.2. The van der Waals surface area contributed by atoms with Crippen LogP contribution in [0.15, 0.2) is 194 Å². The normalized spacial score (nSPS) is 11.4. The third-order valence-electron chi connectivity index (χ3n) is 11.0. The summed E-state index contributed by atoms with van der Waals surface area (Å²) in [5.74, 6) is 1.47. The second-order valence-electron chi connectivity index (χ2n) is 14.3. The van der Waals surface area contributed by atoms with Crippen LogP contribution in [-0.4, -0.2) is 24.1 Å². The first-order valence-electron chi connectivity index (χ1n) is 19.3. The van der Waals surface area contributed by atoms with Crippen molar-refractivity contribution in [1.29, 1.82) is 5.26 Å². The third-order valence-corrected chi connectivity index (χ3v) is 11.0. The van der Waals surface area contributed by atoms with Gasteiger partial charge in [0.05, 0.1) is 39.0 Å². The maximum absolute atomic E-state index is 11.7. The Labute approximate surface area is 334 Å². The number of benzene rings is 8. The van der Waals surface area contributed by atoms with Gasteiger partial charge >= 0.3 is 0 Å². The molecule has 0 aliphatic heterocycles. The zero-order valence-corrected chi connectivity index (χ0v) is 31.2. The average Bonchev–Trinajstić information content (AvgIpc) is 3.82. The Bertz CT molecular complexity index is 3230. The van der Waals surface area contributed by atoms with Gasteiger partial charge in [0.25, 0.3) is 0 Å². The van der Waals surface area contributed by atoms with Crippen molar-refractivity contribution in [3.05, 3.63) is 200 Å². The molecular formula is C52H32N6. The molecule has 11 rings (SSSR count). The van der Waals surface area contributed by atoms with E-state index in [2.05, 4.69) is 143 Å². The van der Waals surface area contributed by atoms with Gasteiger partial charge < -0.3 is 9.13 Å². The molecule has 0 fully saturated rings. The summed E-state index contributed by atoms with van der Waals surface area (Å²) in [6, 6.07) is 69.1. The zero-order chi connectivity index (χ0) is 38.6. The van der Waals surface area contributed by atoms with Crippen molar-refractivity contribution in [3.63, 3.8) is 0 Å². The zero-order valence-electron chi connectivity index (χ0n) is 31.2. The fourth-order valence-corrected chi connectivity index (χ4v) is 8.49. The van der Waals surface area contributed by atoms with Crippen molar-refractivity contribution in [2.75, 3.05) is 0 Å². The molecule has 0 atom stereocenters. The maximum Gasteiger partial charge on any atom is 0.165 e. The number of aromatic nitrogens is 5. The Morgan fingerprint density at radius 2 is 0.690 bits per heavy atom. The molecule has 3 heterocycles. The molecule has 11 aromatic rings. The second kappa shape index (κ2) is 13.6. The Kier molecular flexibility index (Phi) is 7.76. The van der Waals surface area contributed by atoms with E-state index in [4.69, 9.17) is 15.0 Å². The molecule has 0 saturated carbocycles. The van der Waals surface area contributed by atoms with Crippen molar-refractivity contribution >= 4 is 43.6 Å². The Balaban J connectivity index is 1.37. The monoisotopic (exact) mass is 740 g/mol. The summed E-state index contributed by atoms with van der Waals surface area (Å²) in [6.45, 7) is 0. The highest BCUT2D eigenvalue weighted by Crippen LogP contribution is 2.46. The number of hydrogen-bond donors (Lipinski definition) is 0. The fraction of sp³-hybridized carbons (Fsp3) is 0. The predicted octanol–water partition coefficient (Wildman–Crippen LogP) is 12.6. The van der Waals surface area contributed by atoms with Gasteiger partial charge in [-0.15, -0.1) is 0 Å². The van der Waals surface area contributed by atoms with Crippen molar-refractivity contribution in [2.24, 2.45) is 0 Å². The van der Waals surface area contributed by atoms with Crippen molar-refractivity contribution in [1.82, 2.24) is 24.1 Å². The minimum Gasteiger partial charge on any atom is -0.307 e. The van der Waals surface area contributed by atoms with Crippen LogP contribution in [0.4, 0.5) is 0 Å². The van der Waals surface area contributed by atoms with Gasteiger partial charge in [-0.2, -0.15) is 5.26 Å². The Hall–Kier alpha value is -8.14. The number of rotatable bonds is 6. The van der Waals surface area contributed by atoms with Gasteiger partial charge in [0.2, 0.25) is 0 Å². The molecule has 6 nitrogen and oxygen atoms in total. The highest BCUT2D eigenvalue weighted by Gasteiger charge is 2.29. The van der Waals surface area contributed by atoms with Gasteiger partial charge in [-0.25, -0.2) is 15.0 Å². The van der Waals surface area contributed by atoms with E-state index in [1.54, 1.807) is 0 Å². The van der Waals surface area contributed by atoms with Crippen LogP contribution in [0.1, 0.15) is 5.56 Å². The lowest BCUT2D eigenvalue weighted by Crippen LogP contribution is -2.10. The summed E-state index contributed by atoms with van der Waals surface area (Å²) in [5, 5.41) is 16.2. The molecule has 0 aliphatic carbocycles. The highest BCUT2D eigenvalue weighted by molar-refractivity contribution is 6.13. The standard InChI is InChI=1S/C52H32N6/c53-33-43-42(52-55-50(35-20-6-2-7-21-35)54-51(56-52)36-22-8-3-9-23-36)32-41(34-18-4-1-5-19-34)48(57-44-28-14-10-24-37(44)38-25-11-15-29-45(38)57)49(43)58-46-30-16-12-26-39(46)40-27-13-17-31-47(40)58/h1-32H. The summed E-state index contributed by atoms with van der Waals surface area (Å²) in [5.41, 5.74) is 10.4. The number of para-hydroxylation sites is 4.